The molecule has 9 heteroatoms. The molecule has 1 aliphatic rings. The van der Waals surface area contributed by atoms with Gasteiger partial charge in [-0.2, -0.15) is 0 Å². The van der Waals surface area contributed by atoms with Crippen LogP contribution in [0.1, 0.15) is 54.0 Å². The van der Waals surface area contributed by atoms with Gasteiger partial charge in [-0.3, -0.25) is 4.79 Å². The molecule has 0 radical (unpaired) electrons. The molecule has 1 atom stereocenters. The summed E-state index contributed by atoms with van der Waals surface area (Å²) >= 11 is 0. The number of sulfonamides is 1. The van der Waals surface area contributed by atoms with Gasteiger partial charge in [-0.25, -0.2) is 18.3 Å². The molecule has 0 heterocycles. The third-order valence-corrected chi connectivity index (χ3v) is 6.63. The molecule has 0 aliphatic heterocycles. The van der Waals surface area contributed by atoms with Crippen LogP contribution in [-0.2, 0) is 38.9 Å². The molecular weight excluding hydrogens is 444 g/mol. The number of aliphatic hydroxyl groups excluding tert-OH is 2. The number of ether oxygens (including phenoxy) is 1. The predicted molar refractivity (Wildman–Crippen MR) is 126 cm³/mol. The molecule has 0 spiro atoms. The molecule has 0 saturated carbocycles. The van der Waals surface area contributed by atoms with Gasteiger partial charge >= 0.3 is 5.97 Å². The third kappa shape index (κ3) is 7.01. The summed E-state index contributed by atoms with van der Waals surface area (Å²) in [4.78, 5) is 11.7. The fourth-order valence-electron chi connectivity index (χ4n) is 4.08. The number of nitrogens with zero attached hydrogens (tertiary/aromatic N) is 1. The van der Waals surface area contributed by atoms with Crippen molar-refractivity contribution in [3.63, 3.8) is 0 Å². The first-order valence-corrected chi connectivity index (χ1v) is 13.0. The number of nitrogens with one attached hydrogen (secondary N) is 1. The van der Waals surface area contributed by atoms with Crippen LogP contribution in [0.2, 0.25) is 0 Å². The van der Waals surface area contributed by atoms with Gasteiger partial charge in [0.25, 0.3) is 0 Å². The van der Waals surface area contributed by atoms with Crippen molar-refractivity contribution in [1.82, 2.24) is 5.43 Å². The zero-order valence-corrected chi connectivity index (χ0v) is 19.7. The number of esters is 1. The van der Waals surface area contributed by atoms with Crippen LogP contribution in [0.3, 0.4) is 0 Å². The number of hydrogen-bond donors (Lipinski definition) is 3. The highest BCUT2D eigenvalue weighted by Crippen LogP contribution is 2.35. The minimum atomic E-state index is -3.63. The summed E-state index contributed by atoms with van der Waals surface area (Å²) in [6.45, 7) is 0.0553. The summed E-state index contributed by atoms with van der Waals surface area (Å²) in [5.74, 6) is -0.372. The Balaban J connectivity index is 1.75. The van der Waals surface area contributed by atoms with E-state index in [1.165, 1.54) is 4.41 Å². The predicted octanol–water partition coefficient (Wildman–Crippen LogP) is 2.39. The summed E-state index contributed by atoms with van der Waals surface area (Å²) in [6, 6.07) is 13.0. The molecule has 8 nitrogen and oxygen atoms in total. The van der Waals surface area contributed by atoms with Crippen LogP contribution in [0.25, 0.3) is 0 Å². The van der Waals surface area contributed by atoms with Crippen molar-refractivity contribution in [1.29, 1.82) is 0 Å². The van der Waals surface area contributed by atoms with Crippen molar-refractivity contribution in [3.05, 3.63) is 64.7 Å². The number of carbonyl (C=O) groups excluding carboxylic acids is 1. The highest BCUT2D eigenvalue weighted by molar-refractivity contribution is 7.92. The Morgan fingerprint density at radius 2 is 1.94 bits per heavy atom. The Kier molecular flexibility index (Phi) is 8.85. The van der Waals surface area contributed by atoms with Crippen molar-refractivity contribution in [2.45, 2.75) is 51.2 Å². The zero-order chi connectivity index (χ0) is 23.8. The van der Waals surface area contributed by atoms with Gasteiger partial charge in [0, 0.05) is 13.0 Å². The molecule has 3 rings (SSSR count). The third-order valence-electron chi connectivity index (χ3n) is 5.64. The van der Waals surface area contributed by atoms with Crippen LogP contribution in [-0.4, -0.2) is 44.1 Å². The molecule has 2 aromatic rings. The van der Waals surface area contributed by atoms with E-state index in [-0.39, 0.29) is 32.1 Å². The normalized spacial score (nSPS) is 16.0. The van der Waals surface area contributed by atoms with Gasteiger partial charge in [-0.15, -0.1) is 0 Å². The second-order valence-corrected chi connectivity index (χ2v) is 10.1. The number of carbonyl (C=O) groups is 1. The van der Waals surface area contributed by atoms with E-state index in [0.717, 1.165) is 41.4 Å². The van der Waals surface area contributed by atoms with Crippen LogP contribution in [0.15, 0.2) is 42.5 Å². The highest BCUT2D eigenvalue weighted by atomic mass is 32.2. The van der Waals surface area contributed by atoms with Gasteiger partial charge in [-0.1, -0.05) is 42.8 Å². The average Bonchev–Trinajstić information content (AvgIpc) is 2.98. The second kappa shape index (κ2) is 11.6. The standard InChI is InChI=1S/C24H32N2O6S/c1-33(30,31)26(22-10-5-9-21-20(22)8-2-3-11-23(21)28)25-17-19-7-4-6-18(16-19)12-13-24(29)32-15-14-27/h4-7,9-10,16,23,25,27-28H,2-3,8,11-15,17H2,1H3. The number of benzene rings is 2. The fraction of sp³-hybridized carbons (Fsp3) is 0.458. The van der Waals surface area contributed by atoms with Crippen LogP contribution in [0, 0.1) is 0 Å². The van der Waals surface area contributed by atoms with Gasteiger partial charge < -0.3 is 14.9 Å². The van der Waals surface area contributed by atoms with Crippen LogP contribution in [0.5, 0.6) is 0 Å². The summed E-state index contributed by atoms with van der Waals surface area (Å²) < 4.78 is 31.4. The quantitative estimate of drug-likeness (QED) is 0.274. The molecule has 1 aliphatic carbocycles. The largest absolute Gasteiger partial charge is 0.463 e. The molecule has 0 fully saturated rings. The molecule has 2 aromatic carbocycles. The van der Waals surface area contributed by atoms with E-state index >= 15 is 0 Å². The summed E-state index contributed by atoms with van der Waals surface area (Å²) in [7, 11) is -3.63. The molecule has 0 saturated heterocycles. The first-order valence-electron chi connectivity index (χ1n) is 11.2. The Hall–Kier alpha value is -2.46. The fourth-order valence-corrected chi connectivity index (χ4v) is 4.91. The maximum atomic E-state index is 12.7. The van der Waals surface area contributed by atoms with E-state index < -0.39 is 16.1 Å². The van der Waals surface area contributed by atoms with Crippen LogP contribution < -0.4 is 9.84 Å². The van der Waals surface area contributed by atoms with E-state index in [0.29, 0.717) is 24.9 Å². The molecule has 3 N–H and O–H groups in total. The highest BCUT2D eigenvalue weighted by Gasteiger charge is 2.25. The van der Waals surface area contributed by atoms with E-state index in [2.05, 4.69) is 5.43 Å². The average molecular weight is 477 g/mol. The second-order valence-electron chi connectivity index (χ2n) is 8.23. The summed E-state index contributed by atoms with van der Waals surface area (Å²) in [5.41, 5.74) is 7.02. The lowest BCUT2D eigenvalue weighted by Gasteiger charge is -2.27. The van der Waals surface area contributed by atoms with E-state index in [1.54, 1.807) is 12.1 Å². The van der Waals surface area contributed by atoms with Gasteiger partial charge in [0.05, 0.1) is 24.7 Å². The van der Waals surface area contributed by atoms with Crippen molar-refractivity contribution in [3.8, 4) is 0 Å². The van der Waals surface area contributed by atoms with Gasteiger partial charge in [0.2, 0.25) is 10.0 Å². The Morgan fingerprint density at radius 1 is 1.18 bits per heavy atom. The van der Waals surface area contributed by atoms with Gasteiger partial charge in [0.15, 0.2) is 0 Å². The Labute approximate surface area is 195 Å². The summed E-state index contributed by atoms with van der Waals surface area (Å²) in [6.07, 6.45) is 4.40. The van der Waals surface area contributed by atoms with Gasteiger partial charge in [0.1, 0.15) is 6.61 Å². The molecule has 180 valence electrons. The van der Waals surface area contributed by atoms with Crippen molar-refractivity contribution in [2.24, 2.45) is 0 Å². The number of hydrazine groups is 1. The number of anilines is 1. The number of fused-ring (bicyclic) bond motifs is 1. The van der Waals surface area contributed by atoms with E-state index in [4.69, 9.17) is 9.84 Å². The Bertz CT molecular complexity index is 1060. The van der Waals surface area contributed by atoms with E-state index in [9.17, 15) is 18.3 Å². The zero-order valence-electron chi connectivity index (χ0n) is 18.9. The van der Waals surface area contributed by atoms with Crippen molar-refractivity contribution in [2.75, 3.05) is 23.9 Å². The number of aryl methyl sites for hydroxylation is 1. The molecule has 0 bridgehead atoms. The number of aliphatic hydroxyl groups is 2. The Morgan fingerprint density at radius 3 is 2.70 bits per heavy atom. The molecular formula is C24H32N2O6S. The topological polar surface area (TPSA) is 116 Å². The van der Waals surface area contributed by atoms with Crippen molar-refractivity contribution < 1.29 is 28.2 Å². The maximum absolute atomic E-state index is 12.7. The van der Waals surface area contributed by atoms with Crippen LogP contribution >= 0.6 is 0 Å². The smallest absolute Gasteiger partial charge is 0.306 e. The minimum absolute atomic E-state index is 0.00959. The number of hydrogen-bond acceptors (Lipinski definition) is 7. The number of rotatable bonds is 10. The van der Waals surface area contributed by atoms with Gasteiger partial charge in [-0.05, 0) is 54.0 Å². The minimum Gasteiger partial charge on any atom is -0.463 e. The molecule has 33 heavy (non-hydrogen) atoms. The lowest BCUT2D eigenvalue weighted by atomic mass is 9.99. The first-order chi connectivity index (χ1) is 15.8. The lowest BCUT2D eigenvalue weighted by molar-refractivity contribution is -0.144. The SMILES string of the molecule is CS(=O)(=O)N(NCc1cccc(CCC(=O)OCCO)c1)c1cccc2c1CCCCC2O. The molecule has 0 amide bonds. The molecule has 0 aromatic heterocycles. The lowest BCUT2D eigenvalue weighted by Crippen LogP contribution is -2.42. The molecule has 1 unspecified atom stereocenters. The van der Waals surface area contributed by atoms with Crippen LogP contribution in [0.4, 0.5) is 5.69 Å². The van der Waals surface area contributed by atoms with Crippen molar-refractivity contribution >= 4 is 21.7 Å². The first kappa shape index (κ1) is 25.2. The maximum Gasteiger partial charge on any atom is 0.306 e. The summed E-state index contributed by atoms with van der Waals surface area (Å²) in [5, 5.41) is 19.2. The monoisotopic (exact) mass is 476 g/mol. The van der Waals surface area contributed by atoms with E-state index in [1.807, 2.05) is 30.3 Å².